The largest absolute Gasteiger partial charge is 0.383 e. The molecule has 0 aromatic carbocycles. The molecule has 0 saturated heterocycles. The Hall–Kier alpha value is -0.120. The molecule has 1 fully saturated rings. The maximum atomic E-state index is 5.36. The van der Waals surface area contributed by atoms with Crippen molar-refractivity contribution in [2.45, 2.75) is 51.6 Å². The van der Waals surface area contributed by atoms with Crippen LogP contribution < -0.4 is 5.32 Å². The molecule has 0 aromatic rings. The molecular weight excluding hydrogens is 212 g/mol. The summed E-state index contributed by atoms with van der Waals surface area (Å²) in [5, 5.41) is 3.44. The Morgan fingerprint density at radius 3 is 2.76 bits per heavy atom. The van der Waals surface area contributed by atoms with Crippen LogP contribution in [0.5, 0.6) is 0 Å². The minimum absolute atomic E-state index is 0.509. The van der Waals surface area contributed by atoms with Crippen molar-refractivity contribution in [2.24, 2.45) is 5.92 Å². The Kier molecular flexibility index (Phi) is 7.09. The van der Waals surface area contributed by atoms with Crippen LogP contribution in [0.25, 0.3) is 0 Å². The highest BCUT2D eigenvalue weighted by atomic mass is 16.5. The Morgan fingerprint density at radius 2 is 2.18 bits per heavy atom. The average Bonchev–Trinajstić information content (AvgIpc) is 2.33. The van der Waals surface area contributed by atoms with Gasteiger partial charge in [0.25, 0.3) is 0 Å². The summed E-state index contributed by atoms with van der Waals surface area (Å²) in [5.74, 6) is 0.888. The highest BCUT2D eigenvalue weighted by molar-refractivity contribution is 4.82. The summed E-state index contributed by atoms with van der Waals surface area (Å²) >= 11 is 0. The van der Waals surface area contributed by atoms with E-state index in [-0.39, 0.29) is 0 Å². The molecular formula is C14H30N2O. The van der Waals surface area contributed by atoms with Gasteiger partial charge in [-0.15, -0.1) is 0 Å². The van der Waals surface area contributed by atoms with E-state index in [0.717, 1.165) is 31.7 Å². The van der Waals surface area contributed by atoms with E-state index in [1.807, 2.05) is 0 Å². The number of likely N-dealkylation sites (N-methyl/N-ethyl adjacent to an activating group) is 2. The van der Waals surface area contributed by atoms with Crippen molar-refractivity contribution in [2.75, 3.05) is 33.9 Å². The highest BCUT2D eigenvalue weighted by Gasteiger charge is 2.26. The molecule has 1 rings (SSSR count). The van der Waals surface area contributed by atoms with Gasteiger partial charge in [-0.3, -0.25) is 4.90 Å². The lowest BCUT2D eigenvalue weighted by Crippen LogP contribution is -2.49. The van der Waals surface area contributed by atoms with Crippen molar-refractivity contribution >= 4 is 0 Å². The van der Waals surface area contributed by atoms with Crippen LogP contribution in [0.2, 0.25) is 0 Å². The third-order valence-corrected chi connectivity index (χ3v) is 4.05. The van der Waals surface area contributed by atoms with Crippen molar-refractivity contribution < 1.29 is 4.74 Å². The van der Waals surface area contributed by atoms with Crippen LogP contribution in [0.15, 0.2) is 0 Å². The standard InChI is InChI=1S/C14H30N2O/c1-5-15-10-14(11-17-4)16(3)13-8-6-7-12(2)9-13/h12-15H,5-11H2,1-4H3. The minimum Gasteiger partial charge on any atom is -0.383 e. The Bertz CT molecular complexity index is 199. The van der Waals surface area contributed by atoms with E-state index >= 15 is 0 Å². The van der Waals surface area contributed by atoms with E-state index in [0.29, 0.717) is 6.04 Å². The van der Waals surface area contributed by atoms with E-state index in [2.05, 4.69) is 31.1 Å². The minimum atomic E-state index is 0.509. The molecule has 0 aromatic heterocycles. The molecule has 1 aliphatic carbocycles. The normalized spacial score (nSPS) is 27.4. The molecule has 3 atom stereocenters. The van der Waals surface area contributed by atoms with E-state index in [9.17, 15) is 0 Å². The third kappa shape index (κ3) is 4.94. The van der Waals surface area contributed by atoms with Crippen molar-refractivity contribution in [1.29, 1.82) is 0 Å². The van der Waals surface area contributed by atoms with Crippen LogP contribution >= 0.6 is 0 Å². The van der Waals surface area contributed by atoms with Crippen molar-refractivity contribution in [3.05, 3.63) is 0 Å². The maximum absolute atomic E-state index is 5.36. The summed E-state index contributed by atoms with van der Waals surface area (Å²) in [6.07, 6.45) is 5.50. The highest BCUT2D eigenvalue weighted by Crippen LogP contribution is 2.27. The van der Waals surface area contributed by atoms with Gasteiger partial charge in [-0.05, 0) is 32.4 Å². The topological polar surface area (TPSA) is 24.5 Å². The summed E-state index contributed by atoms with van der Waals surface area (Å²) in [4.78, 5) is 2.54. The molecule has 0 amide bonds. The molecule has 102 valence electrons. The summed E-state index contributed by atoms with van der Waals surface area (Å²) < 4.78 is 5.36. The lowest BCUT2D eigenvalue weighted by molar-refractivity contribution is 0.0588. The second kappa shape index (κ2) is 8.06. The molecule has 0 bridgehead atoms. The number of hydrogen-bond acceptors (Lipinski definition) is 3. The molecule has 3 unspecified atom stereocenters. The number of hydrogen-bond donors (Lipinski definition) is 1. The Balaban J connectivity index is 2.46. The molecule has 17 heavy (non-hydrogen) atoms. The third-order valence-electron chi connectivity index (χ3n) is 4.05. The molecule has 0 radical (unpaired) electrons. The smallest absolute Gasteiger partial charge is 0.0630 e. The Morgan fingerprint density at radius 1 is 1.41 bits per heavy atom. The van der Waals surface area contributed by atoms with Crippen LogP contribution in [-0.4, -0.2) is 50.8 Å². The van der Waals surface area contributed by atoms with Crippen molar-refractivity contribution in [1.82, 2.24) is 10.2 Å². The zero-order valence-corrected chi connectivity index (χ0v) is 12.0. The second-order valence-electron chi connectivity index (χ2n) is 5.51. The first kappa shape index (κ1) is 14.9. The zero-order valence-electron chi connectivity index (χ0n) is 12.0. The van der Waals surface area contributed by atoms with Gasteiger partial charge in [0.1, 0.15) is 0 Å². The number of methoxy groups -OCH3 is 1. The van der Waals surface area contributed by atoms with Gasteiger partial charge in [-0.1, -0.05) is 26.7 Å². The lowest BCUT2D eigenvalue weighted by atomic mass is 9.86. The van der Waals surface area contributed by atoms with Gasteiger partial charge in [0.05, 0.1) is 6.61 Å². The maximum Gasteiger partial charge on any atom is 0.0630 e. The molecule has 0 aliphatic heterocycles. The molecule has 1 N–H and O–H groups in total. The molecule has 3 heteroatoms. The van der Waals surface area contributed by atoms with Gasteiger partial charge in [0.2, 0.25) is 0 Å². The molecule has 0 heterocycles. The van der Waals surface area contributed by atoms with E-state index in [1.54, 1.807) is 7.11 Å². The fourth-order valence-corrected chi connectivity index (χ4v) is 2.89. The molecule has 1 saturated carbocycles. The molecule has 1 aliphatic rings. The number of ether oxygens (including phenoxy) is 1. The summed E-state index contributed by atoms with van der Waals surface area (Å²) in [5.41, 5.74) is 0. The predicted molar refractivity (Wildman–Crippen MR) is 73.4 cm³/mol. The number of rotatable bonds is 7. The quantitative estimate of drug-likeness (QED) is 0.740. The number of nitrogens with one attached hydrogen (secondary N) is 1. The second-order valence-corrected chi connectivity index (χ2v) is 5.51. The van der Waals surface area contributed by atoms with Gasteiger partial charge in [0.15, 0.2) is 0 Å². The van der Waals surface area contributed by atoms with Crippen molar-refractivity contribution in [3.8, 4) is 0 Å². The van der Waals surface area contributed by atoms with Gasteiger partial charge in [0, 0.05) is 25.7 Å². The van der Waals surface area contributed by atoms with Crippen molar-refractivity contribution in [3.63, 3.8) is 0 Å². The predicted octanol–water partition coefficient (Wildman–Crippen LogP) is 2.12. The molecule has 3 nitrogen and oxygen atoms in total. The lowest BCUT2D eigenvalue weighted by Gasteiger charge is -2.39. The Labute approximate surface area is 107 Å². The zero-order chi connectivity index (χ0) is 12.7. The van der Waals surface area contributed by atoms with Crippen LogP contribution in [-0.2, 0) is 4.74 Å². The average molecular weight is 242 g/mol. The molecule has 0 spiro atoms. The van der Waals surface area contributed by atoms with Crippen LogP contribution in [0.1, 0.15) is 39.5 Å². The van der Waals surface area contributed by atoms with Crippen LogP contribution in [0.3, 0.4) is 0 Å². The summed E-state index contributed by atoms with van der Waals surface area (Å²) in [7, 11) is 4.07. The van der Waals surface area contributed by atoms with E-state index < -0.39 is 0 Å². The fraction of sp³-hybridized carbons (Fsp3) is 1.00. The van der Waals surface area contributed by atoms with Gasteiger partial charge >= 0.3 is 0 Å². The SMILES string of the molecule is CCNCC(COC)N(C)C1CCCC(C)C1. The summed E-state index contributed by atoms with van der Waals surface area (Å²) in [6, 6.07) is 1.26. The van der Waals surface area contributed by atoms with Gasteiger partial charge in [-0.2, -0.15) is 0 Å². The van der Waals surface area contributed by atoms with Crippen LogP contribution in [0, 0.1) is 5.92 Å². The monoisotopic (exact) mass is 242 g/mol. The fourth-order valence-electron chi connectivity index (χ4n) is 2.89. The first-order valence-electron chi connectivity index (χ1n) is 7.10. The first-order valence-corrected chi connectivity index (χ1v) is 7.10. The van der Waals surface area contributed by atoms with Crippen LogP contribution in [0.4, 0.5) is 0 Å². The van der Waals surface area contributed by atoms with Gasteiger partial charge in [-0.25, -0.2) is 0 Å². The van der Waals surface area contributed by atoms with E-state index in [1.165, 1.54) is 25.7 Å². The van der Waals surface area contributed by atoms with E-state index in [4.69, 9.17) is 4.74 Å². The summed E-state index contributed by atoms with van der Waals surface area (Å²) in [6.45, 7) is 7.44. The first-order chi connectivity index (χ1) is 8.19. The number of nitrogens with zero attached hydrogens (tertiary/aromatic N) is 1. The van der Waals surface area contributed by atoms with Gasteiger partial charge < -0.3 is 10.1 Å².